The molecule has 0 aliphatic heterocycles. The number of rotatable bonds is 5. The first-order valence-electron chi connectivity index (χ1n) is 5.53. The summed E-state index contributed by atoms with van der Waals surface area (Å²) in [5.41, 5.74) is 1.99. The van der Waals surface area contributed by atoms with Crippen LogP contribution in [0.3, 0.4) is 0 Å². The normalized spacial score (nSPS) is 10.5. The van der Waals surface area contributed by atoms with Crippen LogP contribution in [0, 0.1) is 0 Å². The maximum Gasteiger partial charge on any atom is 0.198 e. The second-order valence-corrected chi connectivity index (χ2v) is 3.75. The molecule has 90 valence electrons. The summed E-state index contributed by atoms with van der Waals surface area (Å²) in [6, 6.07) is 7.88. The van der Waals surface area contributed by atoms with Crippen molar-refractivity contribution < 1.29 is 9.15 Å². The number of nitrogens with zero attached hydrogens (tertiary/aromatic N) is 1. The molecule has 0 unspecified atom stereocenters. The highest BCUT2D eigenvalue weighted by molar-refractivity contribution is 5.34. The van der Waals surface area contributed by atoms with Gasteiger partial charge in [-0.25, -0.2) is 4.98 Å². The maximum atomic E-state index is 5.41. The van der Waals surface area contributed by atoms with E-state index >= 15 is 0 Å². The van der Waals surface area contributed by atoms with Crippen LogP contribution in [-0.2, 0) is 13.0 Å². The molecular formula is C13H16N2O2. The Morgan fingerprint density at radius 3 is 2.94 bits per heavy atom. The molecule has 1 N–H and O–H groups in total. The summed E-state index contributed by atoms with van der Waals surface area (Å²) in [5, 5.41) is 3.04. The Bertz CT molecular complexity index is 480. The van der Waals surface area contributed by atoms with Crippen molar-refractivity contribution in [2.24, 2.45) is 0 Å². The van der Waals surface area contributed by atoms with E-state index in [1.807, 2.05) is 31.3 Å². The number of ether oxygens (including phenoxy) is 1. The van der Waals surface area contributed by atoms with Crippen LogP contribution in [0.15, 0.2) is 34.9 Å². The van der Waals surface area contributed by atoms with E-state index in [0.29, 0.717) is 12.3 Å². The summed E-state index contributed by atoms with van der Waals surface area (Å²) in [6.07, 6.45) is 2.33. The van der Waals surface area contributed by atoms with E-state index in [1.54, 1.807) is 13.4 Å². The minimum atomic E-state index is 0.647. The second kappa shape index (κ2) is 5.50. The van der Waals surface area contributed by atoms with Crippen molar-refractivity contribution in [2.75, 3.05) is 14.2 Å². The predicted molar refractivity (Wildman–Crippen MR) is 65.1 cm³/mol. The van der Waals surface area contributed by atoms with Crippen molar-refractivity contribution in [1.29, 1.82) is 0 Å². The van der Waals surface area contributed by atoms with Gasteiger partial charge in [-0.3, -0.25) is 0 Å². The average molecular weight is 232 g/mol. The van der Waals surface area contributed by atoms with Gasteiger partial charge in [0.05, 0.1) is 19.2 Å². The summed E-state index contributed by atoms with van der Waals surface area (Å²) < 4.78 is 10.7. The van der Waals surface area contributed by atoms with Gasteiger partial charge in [0, 0.05) is 12.1 Å². The second-order valence-electron chi connectivity index (χ2n) is 3.75. The van der Waals surface area contributed by atoms with Gasteiger partial charge in [0.15, 0.2) is 5.89 Å². The minimum absolute atomic E-state index is 0.647. The van der Waals surface area contributed by atoms with Crippen molar-refractivity contribution in [3.63, 3.8) is 0 Å². The first-order chi connectivity index (χ1) is 8.33. The summed E-state index contributed by atoms with van der Waals surface area (Å²) in [7, 11) is 3.55. The molecule has 1 heterocycles. The van der Waals surface area contributed by atoms with Gasteiger partial charge < -0.3 is 14.5 Å². The number of hydrogen-bond acceptors (Lipinski definition) is 4. The van der Waals surface area contributed by atoms with Crippen LogP contribution in [0.5, 0.6) is 5.75 Å². The number of aromatic nitrogens is 1. The first kappa shape index (κ1) is 11.7. The van der Waals surface area contributed by atoms with Crippen molar-refractivity contribution in [1.82, 2.24) is 10.3 Å². The molecule has 0 radical (unpaired) electrons. The Morgan fingerprint density at radius 2 is 2.18 bits per heavy atom. The molecule has 1 aromatic carbocycles. The first-order valence-corrected chi connectivity index (χ1v) is 5.53. The Balaban J connectivity index is 2.13. The van der Waals surface area contributed by atoms with Crippen molar-refractivity contribution in [3.8, 4) is 5.75 Å². The van der Waals surface area contributed by atoms with Crippen LogP contribution in [0.4, 0.5) is 0 Å². The Labute approximate surface area is 101 Å². The molecule has 0 atom stereocenters. The summed E-state index contributed by atoms with van der Waals surface area (Å²) in [6.45, 7) is 0.718. The van der Waals surface area contributed by atoms with Crippen LogP contribution in [0.2, 0.25) is 0 Å². The average Bonchev–Trinajstić information content (AvgIpc) is 2.78. The van der Waals surface area contributed by atoms with Gasteiger partial charge in [-0.15, -0.1) is 0 Å². The molecule has 0 saturated heterocycles. The van der Waals surface area contributed by atoms with Gasteiger partial charge in [0.1, 0.15) is 12.0 Å². The molecular weight excluding hydrogens is 216 g/mol. The van der Waals surface area contributed by atoms with Gasteiger partial charge in [0.25, 0.3) is 0 Å². The zero-order valence-corrected chi connectivity index (χ0v) is 10.1. The molecule has 0 fully saturated rings. The molecule has 0 bridgehead atoms. The molecule has 0 spiro atoms. The van der Waals surface area contributed by atoms with Crippen LogP contribution < -0.4 is 10.1 Å². The van der Waals surface area contributed by atoms with Crippen molar-refractivity contribution in [3.05, 3.63) is 47.7 Å². The fraction of sp³-hybridized carbons (Fsp3) is 0.308. The van der Waals surface area contributed by atoms with E-state index in [0.717, 1.165) is 23.6 Å². The van der Waals surface area contributed by atoms with Gasteiger partial charge in [-0.1, -0.05) is 18.2 Å². The molecule has 0 aliphatic rings. The van der Waals surface area contributed by atoms with Crippen molar-refractivity contribution >= 4 is 0 Å². The van der Waals surface area contributed by atoms with Crippen LogP contribution in [-0.4, -0.2) is 19.1 Å². The highest BCUT2D eigenvalue weighted by Gasteiger charge is 2.08. The quantitative estimate of drug-likeness (QED) is 0.856. The minimum Gasteiger partial charge on any atom is -0.496 e. The third kappa shape index (κ3) is 2.85. The van der Waals surface area contributed by atoms with Gasteiger partial charge >= 0.3 is 0 Å². The smallest absolute Gasteiger partial charge is 0.198 e. The number of para-hydroxylation sites is 1. The molecule has 2 rings (SSSR count). The van der Waals surface area contributed by atoms with Crippen LogP contribution in [0.1, 0.15) is 17.1 Å². The molecule has 0 aliphatic carbocycles. The molecule has 0 amide bonds. The van der Waals surface area contributed by atoms with E-state index in [4.69, 9.17) is 9.15 Å². The zero-order valence-electron chi connectivity index (χ0n) is 10.1. The van der Waals surface area contributed by atoms with Crippen LogP contribution in [0.25, 0.3) is 0 Å². The van der Waals surface area contributed by atoms with Crippen LogP contribution >= 0.6 is 0 Å². The predicted octanol–water partition coefficient (Wildman–Crippen LogP) is 1.99. The lowest BCUT2D eigenvalue weighted by Crippen LogP contribution is -2.05. The molecule has 4 heteroatoms. The Hall–Kier alpha value is -1.81. The lowest BCUT2D eigenvalue weighted by molar-refractivity contribution is 0.408. The zero-order chi connectivity index (χ0) is 12.1. The van der Waals surface area contributed by atoms with Gasteiger partial charge in [-0.2, -0.15) is 0 Å². The number of hydrogen-bond donors (Lipinski definition) is 1. The highest BCUT2D eigenvalue weighted by Crippen LogP contribution is 2.20. The Morgan fingerprint density at radius 1 is 1.35 bits per heavy atom. The molecule has 0 saturated carbocycles. The lowest BCUT2D eigenvalue weighted by Gasteiger charge is -2.05. The summed E-state index contributed by atoms with van der Waals surface area (Å²) >= 11 is 0. The number of nitrogens with one attached hydrogen (secondary N) is 1. The summed E-state index contributed by atoms with van der Waals surface area (Å²) in [5.74, 6) is 1.57. The lowest BCUT2D eigenvalue weighted by atomic mass is 10.1. The number of benzene rings is 1. The largest absolute Gasteiger partial charge is 0.496 e. The van der Waals surface area contributed by atoms with Gasteiger partial charge in [0.2, 0.25) is 0 Å². The maximum absolute atomic E-state index is 5.41. The van der Waals surface area contributed by atoms with E-state index < -0.39 is 0 Å². The topological polar surface area (TPSA) is 47.3 Å². The molecule has 2 aromatic rings. The fourth-order valence-electron chi connectivity index (χ4n) is 1.70. The van der Waals surface area contributed by atoms with E-state index in [9.17, 15) is 0 Å². The van der Waals surface area contributed by atoms with E-state index in [1.165, 1.54) is 0 Å². The van der Waals surface area contributed by atoms with Crippen molar-refractivity contribution in [2.45, 2.75) is 13.0 Å². The van der Waals surface area contributed by atoms with Gasteiger partial charge in [-0.05, 0) is 13.1 Å². The monoisotopic (exact) mass is 232 g/mol. The third-order valence-electron chi connectivity index (χ3n) is 2.49. The fourth-order valence-corrected chi connectivity index (χ4v) is 1.70. The molecule has 4 nitrogen and oxygen atoms in total. The Kier molecular flexibility index (Phi) is 3.77. The SMILES string of the molecule is CNCc1coc(Cc2ccccc2OC)n1. The number of oxazole rings is 1. The van der Waals surface area contributed by atoms with E-state index in [2.05, 4.69) is 10.3 Å². The highest BCUT2D eigenvalue weighted by atomic mass is 16.5. The van der Waals surface area contributed by atoms with E-state index in [-0.39, 0.29) is 0 Å². The molecule has 1 aromatic heterocycles. The standard InChI is InChI=1S/C13H16N2O2/c1-14-8-11-9-17-13(15-11)7-10-5-3-4-6-12(10)16-2/h3-6,9,14H,7-8H2,1-2H3. The summed E-state index contributed by atoms with van der Waals surface area (Å²) in [4.78, 5) is 4.39. The third-order valence-corrected chi connectivity index (χ3v) is 2.49. The number of methoxy groups -OCH3 is 1. The molecule has 17 heavy (non-hydrogen) atoms.